The Morgan fingerprint density at radius 1 is 1.07 bits per heavy atom. The molecule has 0 aliphatic carbocycles. The molecule has 22 heteroatoms. The first-order valence-corrected chi connectivity index (χ1v) is 15.3. The summed E-state index contributed by atoms with van der Waals surface area (Å²) in [5, 5.41) is 10.5. The van der Waals surface area contributed by atoms with E-state index in [-0.39, 0.29) is 35.8 Å². The van der Waals surface area contributed by atoms with Crippen LogP contribution in [0.2, 0.25) is 0 Å². The molecule has 5 rings (SSSR count). The van der Waals surface area contributed by atoms with E-state index in [1.807, 2.05) is 0 Å². The number of hydrogen-bond acceptors (Lipinski definition) is 15. The predicted molar refractivity (Wildman–Crippen MR) is 139 cm³/mol. The van der Waals surface area contributed by atoms with Gasteiger partial charge in [0.25, 0.3) is 0 Å². The third kappa shape index (κ3) is 6.53. The second-order valence-corrected chi connectivity index (χ2v) is 12.2. The zero-order valence-electron chi connectivity index (χ0n) is 21.8. The van der Waals surface area contributed by atoms with E-state index in [1.54, 1.807) is 6.92 Å². The van der Waals surface area contributed by atoms with Gasteiger partial charge >= 0.3 is 21.3 Å². The Bertz CT molecular complexity index is 1610. The Morgan fingerprint density at radius 3 is 2.55 bits per heavy atom. The number of aryl methyl sites for hydroxylation is 1. The lowest BCUT2D eigenvalue weighted by molar-refractivity contribution is -0.0518. The molecule has 230 valence electrons. The van der Waals surface area contributed by atoms with Crippen molar-refractivity contribution in [2.45, 2.75) is 50.0 Å². The number of aliphatic hydroxyl groups excluding tert-OH is 1. The maximum atomic E-state index is 13.1. The highest BCUT2D eigenvalue weighted by Gasteiger charge is 2.46. The number of fused-ring (bicyclic) bond motifs is 1. The van der Waals surface area contributed by atoms with Crippen molar-refractivity contribution in [3.8, 4) is 0 Å². The summed E-state index contributed by atoms with van der Waals surface area (Å²) in [4.78, 5) is 57.0. The maximum absolute atomic E-state index is 13.1. The number of ether oxygens (including phenoxy) is 2. The van der Waals surface area contributed by atoms with Gasteiger partial charge in [-0.25, -0.2) is 28.9 Å². The molecular formula is C20H28N8O12P2. The second-order valence-electron chi connectivity index (χ2n) is 9.57. The first-order chi connectivity index (χ1) is 19.7. The van der Waals surface area contributed by atoms with Crippen LogP contribution in [0.4, 0.5) is 11.6 Å². The van der Waals surface area contributed by atoms with Crippen LogP contribution in [0.3, 0.4) is 0 Å². The van der Waals surface area contributed by atoms with Crippen LogP contribution in [0.5, 0.6) is 0 Å². The van der Waals surface area contributed by atoms with E-state index in [2.05, 4.69) is 24.5 Å². The summed E-state index contributed by atoms with van der Waals surface area (Å²) in [5.74, 6) is 0.125. The maximum Gasteiger partial charge on any atom is 0.472 e. The van der Waals surface area contributed by atoms with E-state index in [9.17, 15) is 23.9 Å². The lowest BCUT2D eigenvalue weighted by Gasteiger charge is -2.26. The van der Waals surface area contributed by atoms with Crippen LogP contribution in [-0.4, -0.2) is 93.1 Å². The van der Waals surface area contributed by atoms with E-state index in [1.165, 1.54) is 23.4 Å². The number of nitrogen functional groups attached to an aromatic ring is 2. The normalized spacial score (nSPS) is 27.9. The number of imidazole rings is 1. The number of hydrogen-bond donors (Lipinski definition) is 6. The number of anilines is 2. The fourth-order valence-electron chi connectivity index (χ4n) is 4.64. The van der Waals surface area contributed by atoms with E-state index in [0.29, 0.717) is 5.56 Å². The van der Waals surface area contributed by atoms with E-state index in [4.69, 9.17) is 39.8 Å². The van der Waals surface area contributed by atoms with Crippen molar-refractivity contribution in [2.75, 3.05) is 31.3 Å². The summed E-state index contributed by atoms with van der Waals surface area (Å²) < 4.78 is 53.4. The average molecular weight is 634 g/mol. The topological polar surface area (TPSA) is 292 Å². The van der Waals surface area contributed by atoms with Gasteiger partial charge in [-0.1, -0.05) is 0 Å². The molecule has 0 bridgehead atoms. The fraction of sp³-hybridized carbons (Fsp3) is 0.550. The lowest BCUT2D eigenvalue weighted by Crippen LogP contribution is -2.34. The smallest absolute Gasteiger partial charge is 0.390 e. The molecule has 0 aromatic carbocycles. The van der Waals surface area contributed by atoms with Crippen LogP contribution >= 0.6 is 15.6 Å². The van der Waals surface area contributed by atoms with Crippen molar-refractivity contribution in [1.29, 1.82) is 0 Å². The number of nitrogens with zero attached hydrogens (tertiary/aromatic N) is 6. The SMILES string of the molecule is Cc1cn([C@H]2C[C@H](O)[C@@H](COP(=O)(O)O[C@H]3[C@H](n4cnc5c(N)ncnc54)CO[C@@H]3COP(=O)(O)O)O2)c(=O)nc1N. The van der Waals surface area contributed by atoms with Gasteiger partial charge in [-0.3, -0.25) is 18.1 Å². The number of aromatic nitrogens is 6. The zero-order chi connectivity index (χ0) is 30.4. The Kier molecular flexibility index (Phi) is 8.49. The van der Waals surface area contributed by atoms with Crippen LogP contribution in [0.1, 0.15) is 24.3 Å². The number of nitrogens with two attached hydrogens (primary N) is 2. The highest BCUT2D eigenvalue weighted by atomic mass is 31.2. The molecule has 0 spiro atoms. The molecule has 2 aliphatic heterocycles. The number of rotatable bonds is 10. The molecule has 8 N–H and O–H groups in total. The summed E-state index contributed by atoms with van der Waals surface area (Å²) >= 11 is 0. The van der Waals surface area contributed by atoms with Crippen molar-refractivity contribution in [2.24, 2.45) is 0 Å². The first-order valence-electron chi connectivity index (χ1n) is 12.3. The lowest BCUT2D eigenvalue weighted by atomic mass is 10.1. The average Bonchev–Trinajstić information content (AvgIpc) is 3.60. The standard InChI is InChI=1S/C20H28N8O12P2/c1-9-3-27(20(30)26-17(9)21)14-2-11(29)12(39-14)5-38-42(34,35)40-16-10(4-36-13(16)6-37-41(31,32)33)28-8-25-15-18(22)23-7-24-19(15)28/h3,7-8,10-14,16,29H,2,4-6H2,1H3,(H,34,35)(H2,21,26,30)(H2,22,23,24)(H2,31,32,33)/t10-,11+,12-,13-,14-,16+/m1/s1. The highest BCUT2D eigenvalue weighted by Crippen LogP contribution is 2.50. The molecule has 2 saturated heterocycles. The Labute approximate surface area is 236 Å². The number of aliphatic hydroxyl groups is 1. The molecular weight excluding hydrogens is 606 g/mol. The molecule has 42 heavy (non-hydrogen) atoms. The fourth-order valence-corrected chi connectivity index (χ4v) is 5.96. The van der Waals surface area contributed by atoms with E-state index < -0.39 is 71.2 Å². The molecule has 5 heterocycles. The third-order valence-corrected chi connectivity index (χ3v) is 8.19. The number of phosphoric ester groups is 2. The molecule has 0 amide bonds. The molecule has 3 aromatic heterocycles. The third-order valence-electron chi connectivity index (χ3n) is 6.72. The van der Waals surface area contributed by atoms with Crippen LogP contribution in [-0.2, 0) is 32.2 Å². The Hall–Kier alpha value is -2.87. The van der Waals surface area contributed by atoms with Crippen LogP contribution < -0.4 is 17.2 Å². The molecule has 1 unspecified atom stereocenters. The summed E-state index contributed by atoms with van der Waals surface area (Å²) in [6.45, 7) is 0.147. The van der Waals surface area contributed by atoms with E-state index >= 15 is 0 Å². The molecule has 20 nitrogen and oxygen atoms in total. The van der Waals surface area contributed by atoms with Gasteiger partial charge in [-0.2, -0.15) is 4.98 Å². The van der Waals surface area contributed by atoms with Crippen molar-refractivity contribution in [3.63, 3.8) is 0 Å². The van der Waals surface area contributed by atoms with Gasteiger partial charge < -0.3 is 45.3 Å². The van der Waals surface area contributed by atoms with E-state index in [0.717, 1.165) is 4.57 Å². The minimum atomic E-state index is -4.96. The van der Waals surface area contributed by atoms with Gasteiger partial charge in [0.1, 0.15) is 42.2 Å². The van der Waals surface area contributed by atoms with Gasteiger partial charge in [-0.15, -0.1) is 0 Å². The minimum absolute atomic E-state index is 0.0470. The summed E-state index contributed by atoms with van der Waals surface area (Å²) in [5.41, 5.74) is 11.8. The van der Waals surface area contributed by atoms with Gasteiger partial charge in [0, 0.05) is 18.2 Å². The van der Waals surface area contributed by atoms with Crippen LogP contribution in [0.15, 0.2) is 23.6 Å². The zero-order valence-corrected chi connectivity index (χ0v) is 23.6. The van der Waals surface area contributed by atoms with Gasteiger partial charge in [-0.05, 0) is 6.92 Å². The largest absolute Gasteiger partial charge is 0.472 e. The molecule has 2 fully saturated rings. The molecule has 3 aromatic rings. The van der Waals surface area contributed by atoms with Crippen molar-refractivity contribution in [1.82, 2.24) is 29.1 Å². The molecule has 7 atom stereocenters. The monoisotopic (exact) mass is 634 g/mol. The molecule has 0 saturated carbocycles. The van der Waals surface area contributed by atoms with Crippen LogP contribution in [0, 0.1) is 6.92 Å². The number of phosphoric acid groups is 2. The first kappa shape index (κ1) is 30.6. The minimum Gasteiger partial charge on any atom is -0.390 e. The van der Waals surface area contributed by atoms with Crippen LogP contribution in [0.25, 0.3) is 11.2 Å². The summed E-state index contributed by atoms with van der Waals surface area (Å²) in [6.07, 6.45) is -1.99. The second kappa shape index (κ2) is 11.7. The molecule has 0 radical (unpaired) electrons. The Balaban J connectivity index is 1.31. The predicted octanol–water partition coefficient (Wildman–Crippen LogP) is -1.24. The summed E-state index contributed by atoms with van der Waals surface area (Å²) in [6, 6.07) is -0.899. The summed E-state index contributed by atoms with van der Waals surface area (Å²) in [7, 11) is -9.89. The van der Waals surface area contributed by atoms with Crippen molar-refractivity contribution < 1.29 is 52.0 Å². The van der Waals surface area contributed by atoms with Gasteiger partial charge in [0.05, 0.1) is 38.3 Å². The Morgan fingerprint density at radius 2 is 1.81 bits per heavy atom. The van der Waals surface area contributed by atoms with Gasteiger partial charge in [0.2, 0.25) is 0 Å². The molecule has 2 aliphatic rings. The van der Waals surface area contributed by atoms with Crippen molar-refractivity contribution in [3.05, 3.63) is 34.9 Å². The quantitative estimate of drug-likeness (QED) is 0.142. The highest BCUT2D eigenvalue weighted by molar-refractivity contribution is 7.47. The van der Waals surface area contributed by atoms with Crippen molar-refractivity contribution >= 4 is 38.4 Å². The van der Waals surface area contributed by atoms with Gasteiger partial charge in [0.15, 0.2) is 11.5 Å².